The first-order valence-corrected chi connectivity index (χ1v) is 7.19. The van der Waals surface area contributed by atoms with Gasteiger partial charge in [0, 0.05) is 21.1 Å². The predicted octanol–water partition coefficient (Wildman–Crippen LogP) is 3.77. The maximum absolute atomic E-state index is 11.2. The van der Waals surface area contributed by atoms with E-state index in [2.05, 4.69) is 0 Å². The van der Waals surface area contributed by atoms with Crippen molar-refractivity contribution in [1.82, 2.24) is 0 Å². The zero-order valence-corrected chi connectivity index (χ0v) is 11.1. The molecule has 1 aromatic heterocycles. The second-order valence-corrected chi connectivity index (χ2v) is 6.18. The number of carbonyl (C=O) groups excluding carboxylic acids is 1. The summed E-state index contributed by atoms with van der Waals surface area (Å²) in [6.45, 7) is 0. The quantitative estimate of drug-likeness (QED) is 0.864. The molecule has 2 aromatic rings. The highest BCUT2D eigenvalue weighted by Gasteiger charge is 2.22. The molecule has 0 spiro atoms. The molecule has 0 unspecified atom stereocenters. The van der Waals surface area contributed by atoms with Crippen LogP contribution in [0.1, 0.15) is 15.2 Å². The molecule has 2 N–H and O–H groups in total. The second kappa shape index (κ2) is 4.05. The highest BCUT2D eigenvalue weighted by Crippen LogP contribution is 2.47. The van der Waals surface area contributed by atoms with Crippen LogP contribution in [0, 0.1) is 0 Å². The highest BCUT2D eigenvalue weighted by molar-refractivity contribution is 7.99. The molecule has 1 amide bonds. The summed E-state index contributed by atoms with van der Waals surface area (Å²) >= 11 is 9.32. The van der Waals surface area contributed by atoms with E-state index in [1.807, 2.05) is 24.3 Å². The predicted molar refractivity (Wildman–Crippen MR) is 72.8 cm³/mol. The summed E-state index contributed by atoms with van der Waals surface area (Å²) in [5, 5.41) is 0.771. The zero-order chi connectivity index (χ0) is 12.0. The monoisotopic (exact) mass is 281 g/mol. The van der Waals surface area contributed by atoms with Crippen molar-refractivity contribution in [2.24, 2.45) is 5.73 Å². The standard InChI is InChI=1S/C12H8ClNOS2/c13-8-3-1-2-7-10-6(5-16-11(7)8)4-9(17-10)12(14)15/h1-4H,5H2,(H2,14,15). The van der Waals surface area contributed by atoms with E-state index < -0.39 is 0 Å². The van der Waals surface area contributed by atoms with E-state index in [-0.39, 0.29) is 5.91 Å². The molecule has 0 saturated carbocycles. The molecule has 0 radical (unpaired) electrons. The molecule has 17 heavy (non-hydrogen) atoms. The van der Waals surface area contributed by atoms with Crippen molar-refractivity contribution in [2.45, 2.75) is 10.6 Å². The summed E-state index contributed by atoms with van der Waals surface area (Å²) in [6.07, 6.45) is 0. The summed E-state index contributed by atoms with van der Waals surface area (Å²) < 4.78 is 0. The number of fused-ring (bicyclic) bond motifs is 3. The number of halogens is 1. The molecule has 1 aromatic carbocycles. The molecule has 0 bridgehead atoms. The van der Waals surface area contributed by atoms with Gasteiger partial charge in [-0.25, -0.2) is 0 Å². The summed E-state index contributed by atoms with van der Waals surface area (Å²) in [6, 6.07) is 7.74. The van der Waals surface area contributed by atoms with Crippen molar-refractivity contribution in [1.29, 1.82) is 0 Å². The molecule has 5 heteroatoms. The average molecular weight is 282 g/mol. The third-order valence-corrected chi connectivity index (χ3v) is 5.47. The zero-order valence-electron chi connectivity index (χ0n) is 8.70. The van der Waals surface area contributed by atoms with Gasteiger partial charge in [-0.15, -0.1) is 23.1 Å². The molecule has 86 valence electrons. The van der Waals surface area contributed by atoms with E-state index in [4.69, 9.17) is 17.3 Å². The number of rotatable bonds is 1. The molecule has 0 atom stereocenters. The summed E-state index contributed by atoms with van der Waals surface area (Å²) in [7, 11) is 0. The third-order valence-electron chi connectivity index (χ3n) is 2.64. The second-order valence-electron chi connectivity index (χ2n) is 3.73. The number of thioether (sulfide) groups is 1. The van der Waals surface area contributed by atoms with Crippen molar-refractivity contribution in [3.05, 3.63) is 39.7 Å². The SMILES string of the molecule is NC(=O)c1cc2c(s1)-c1cccc(Cl)c1SC2. The van der Waals surface area contributed by atoms with Gasteiger partial charge in [-0.05, 0) is 17.7 Å². The Morgan fingerprint density at radius 1 is 1.41 bits per heavy atom. The first kappa shape index (κ1) is 11.1. The lowest BCUT2D eigenvalue weighted by Crippen LogP contribution is -2.08. The fourth-order valence-electron chi connectivity index (χ4n) is 1.87. The normalized spacial score (nSPS) is 13.0. The largest absolute Gasteiger partial charge is 0.365 e. The fourth-order valence-corrected chi connectivity index (χ4v) is 4.49. The minimum atomic E-state index is -0.363. The van der Waals surface area contributed by atoms with E-state index in [1.54, 1.807) is 11.8 Å². The number of nitrogens with two attached hydrogens (primary N) is 1. The molecule has 0 saturated heterocycles. The lowest BCUT2D eigenvalue weighted by atomic mass is 10.1. The van der Waals surface area contributed by atoms with Gasteiger partial charge in [0.15, 0.2) is 0 Å². The van der Waals surface area contributed by atoms with Crippen molar-refractivity contribution < 1.29 is 4.79 Å². The first-order valence-electron chi connectivity index (χ1n) is 5.01. The molecule has 1 aliphatic heterocycles. The van der Waals surface area contributed by atoms with Crippen LogP contribution >= 0.6 is 34.7 Å². The van der Waals surface area contributed by atoms with Crippen molar-refractivity contribution in [3.63, 3.8) is 0 Å². The molecule has 2 heterocycles. The van der Waals surface area contributed by atoms with E-state index in [1.165, 1.54) is 16.9 Å². The number of hydrogen-bond acceptors (Lipinski definition) is 3. The van der Waals surface area contributed by atoms with Gasteiger partial charge in [0.05, 0.1) is 9.90 Å². The van der Waals surface area contributed by atoms with Crippen LogP contribution in [0.3, 0.4) is 0 Å². The van der Waals surface area contributed by atoms with Gasteiger partial charge in [-0.1, -0.05) is 23.7 Å². The van der Waals surface area contributed by atoms with Gasteiger partial charge < -0.3 is 5.73 Å². The number of amides is 1. The van der Waals surface area contributed by atoms with Crippen LogP contribution in [-0.2, 0) is 5.75 Å². The van der Waals surface area contributed by atoms with Crippen LogP contribution in [-0.4, -0.2) is 5.91 Å². The Kier molecular flexibility index (Phi) is 2.65. The van der Waals surface area contributed by atoms with E-state index in [0.29, 0.717) is 4.88 Å². The van der Waals surface area contributed by atoms with Gasteiger partial charge >= 0.3 is 0 Å². The molecule has 0 fully saturated rings. The summed E-state index contributed by atoms with van der Waals surface area (Å²) in [4.78, 5) is 14.0. The Morgan fingerprint density at radius 3 is 3.00 bits per heavy atom. The Hall–Kier alpha value is -0.970. The highest BCUT2D eigenvalue weighted by atomic mass is 35.5. The van der Waals surface area contributed by atoms with Crippen LogP contribution < -0.4 is 5.73 Å². The number of thiophene rings is 1. The molecule has 2 nitrogen and oxygen atoms in total. The molecule has 0 aliphatic carbocycles. The van der Waals surface area contributed by atoms with Crippen LogP contribution in [0.25, 0.3) is 10.4 Å². The van der Waals surface area contributed by atoms with E-state index in [9.17, 15) is 4.79 Å². The van der Waals surface area contributed by atoms with Crippen molar-refractivity contribution >= 4 is 40.6 Å². The average Bonchev–Trinajstić information content (AvgIpc) is 2.73. The maximum Gasteiger partial charge on any atom is 0.258 e. The van der Waals surface area contributed by atoms with Gasteiger partial charge in [0.1, 0.15) is 0 Å². The smallest absolute Gasteiger partial charge is 0.258 e. The van der Waals surface area contributed by atoms with Gasteiger partial charge in [-0.3, -0.25) is 4.79 Å². The lowest BCUT2D eigenvalue weighted by Gasteiger charge is -2.16. The first-order chi connectivity index (χ1) is 8.16. The molecule has 1 aliphatic rings. The van der Waals surface area contributed by atoms with Gasteiger partial charge in [-0.2, -0.15) is 0 Å². The van der Waals surface area contributed by atoms with Gasteiger partial charge in [0.25, 0.3) is 5.91 Å². The number of hydrogen-bond donors (Lipinski definition) is 1. The topological polar surface area (TPSA) is 43.1 Å². The number of carbonyl (C=O) groups is 1. The van der Waals surface area contributed by atoms with Crippen LogP contribution in [0.5, 0.6) is 0 Å². The lowest BCUT2D eigenvalue weighted by molar-refractivity contribution is 0.100. The fraction of sp³-hybridized carbons (Fsp3) is 0.0833. The van der Waals surface area contributed by atoms with Crippen LogP contribution in [0.2, 0.25) is 5.02 Å². The van der Waals surface area contributed by atoms with E-state index in [0.717, 1.165) is 26.1 Å². The third kappa shape index (κ3) is 1.76. The minimum Gasteiger partial charge on any atom is -0.365 e. The Morgan fingerprint density at radius 2 is 2.24 bits per heavy atom. The van der Waals surface area contributed by atoms with Crippen molar-refractivity contribution in [3.8, 4) is 10.4 Å². The minimum absolute atomic E-state index is 0.363. The van der Waals surface area contributed by atoms with Gasteiger partial charge in [0.2, 0.25) is 0 Å². The Labute approximate surface area is 112 Å². The molecular formula is C12H8ClNOS2. The summed E-state index contributed by atoms with van der Waals surface area (Å²) in [5.74, 6) is 0.480. The van der Waals surface area contributed by atoms with Crippen LogP contribution in [0.4, 0.5) is 0 Å². The Balaban J connectivity index is 2.22. The number of benzene rings is 1. The molecule has 3 rings (SSSR count). The van der Waals surface area contributed by atoms with Crippen LogP contribution in [0.15, 0.2) is 29.2 Å². The number of primary amides is 1. The van der Waals surface area contributed by atoms with Crippen molar-refractivity contribution in [2.75, 3.05) is 0 Å². The van der Waals surface area contributed by atoms with E-state index >= 15 is 0 Å². The summed E-state index contributed by atoms with van der Waals surface area (Å²) in [5.41, 5.74) is 7.60. The Bertz CT molecular complexity index is 621. The maximum atomic E-state index is 11.2. The molecular weight excluding hydrogens is 274 g/mol.